The van der Waals surface area contributed by atoms with Gasteiger partial charge in [0, 0.05) is 24.1 Å². The molecule has 3 rings (SSSR count). The summed E-state index contributed by atoms with van der Waals surface area (Å²) in [6.07, 6.45) is 1.83. The minimum atomic E-state index is 0.627. The highest BCUT2D eigenvalue weighted by Crippen LogP contribution is 2.22. The van der Waals surface area contributed by atoms with Crippen molar-refractivity contribution in [3.8, 4) is 11.4 Å². The molecule has 4 heteroatoms. The first-order valence-electron chi connectivity index (χ1n) is 6.26. The zero-order valence-electron chi connectivity index (χ0n) is 10.2. The lowest BCUT2D eigenvalue weighted by Gasteiger charge is -2.10. The van der Waals surface area contributed by atoms with E-state index in [1.807, 2.05) is 30.3 Å². The molecule has 18 heavy (non-hydrogen) atoms. The summed E-state index contributed by atoms with van der Waals surface area (Å²) >= 11 is 0. The lowest BCUT2D eigenvalue weighted by Crippen LogP contribution is -2.16. The fourth-order valence-corrected chi connectivity index (χ4v) is 2.29. The van der Waals surface area contributed by atoms with E-state index in [4.69, 9.17) is 5.73 Å². The van der Waals surface area contributed by atoms with E-state index in [1.165, 1.54) is 0 Å². The van der Waals surface area contributed by atoms with Crippen molar-refractivity contribution in [1.82, 2.24) is 15.3 Å². The van der Waals surface area contributed by atoms with Crippen molar-refractivity contribution < 1.29 is 0 Å². The van der Waals surface area contributed by atoms with Gasteiger partial charge in [-0.05, 0) is 13.0 Å². The zero-order chi connectivity index (χ0) is 12.4. The minimum Gasteiger partial charge on any atom is -0.383 e. The van der Waals surface area contributed by atoms with Crippen LogP contribution in [0.4, 0.5) is 5.82 Å². The highest BCUT2D eigenvalue weighted by atomic mass is 15.0. The van der Waals surface area contributed by atoms with Crippen molar-refractivity contribution >= 4 is 5.82 Å². The van der Waals surface area contributed by atoms with Crippen molar-refractivity contribution in [2.45, 2.75) is 12.8 Å². The van der Waals surface area contributed by atoms with Gasteiger partial charge in [0.05, 0.1) is 5.69 Å². The predicted octanol–water partition coefficient (Wildman–Crippen LogP) is 1.41. The highest BCUT2D eigenvalue weighted by molar-refractivity contribution is 5.58. The maximum atomic E-state index is 6.07. The highest BCUT2D eigenvalue weighted by Gasteiger charge is 2.15. The smallest absolute Gasteiger partial charge is 0.161 e. The normalized spacial score (nSPS) is 14.9. The van der Waals surface area contributed by atoms with Crippen molar-refractivity contribution in [2.24, 2.45) is 0 Å². The molecule has 0 saturated carbocycles. The molecule has 92 valence electrons. The molecule has 1 aromatic heterocycles. The van der Waals surface area contributed by atoms with Crippen LogP contribution in [0.3, 0.4) is 0 Å². The number of aromatic nitrogens is 2. The van der Waals surface area contributed by atoms with E-state index in [2.05, 4.69) is 15.3 Å². The van der Waals surface area contributed by atoms with Crippen LogP contribution in [0, 0.1) is 0 Å². The SMILES string of the molecule is Nc1nc(-c2ccccc2)nc2c1CCNCC2. The second kappa shape index (κ2) is 4.74. The van der Waals surface area contributed by atoms with Crippen LogP contribution in [0.15, 0.2) is 30.3 Å². The first-order valence-corrected chi connectivity index (χ1v) is 6.26. The van der Waals surface area contributed by atoms with Crippen LogP contribution in [0.25, 0.3) is 11.4 Å². The molecule has 3 N–H and O–H groups in total. The zero-order valence-corrected chi connectivity index (χ0v) is 10.2. The molecule has 0 amide bonds. The van der Waals surface area contributed by atoms with Gasteiger partial charge >= 0.3 is 0 Å². The summed E-state index contributed by atoms with van der Waals surface area (Å²) in [5.41, 5.74) is 9.29. The minimum absolute atomic E-state index is 0.627. The third kappa shape index (κ3) is 2.07. The third-order valence-corrected chi connectivity index (χ3v) is 3.25. The van der Waals surface area contributed by atoms with Gasteiger partial charge in [0.1, 0.15) is 5.82 Å². The van der Waals surface area contributed by atoms with Crippen LogP contribution < -0.4 is 11.1 Å². The Morgan fingerprint density at radius 2 is 1.78 bits per heavy atom. The molecule has 4 nitrogen and oxygen atoms in total. The maximum Gasteiger partial charge on any atom is 0.161 e. The van der Waals surface area contributed by atoms with Crippen LogP contribution in [0.2, 0.25) is 0 Å². The molecule has 0 radical (unpaired) electrons. The second-order valence-corrected chi connectivity index (χ2v) is 4.47. The lowest BCUT2D eigenvalue weighted by molar-refractivity contribution is 0.708. The predicted molar refractivity (Wildman–Crippen MR) is 72.2 cm³/mol. The lowest BCUT2D eigenvalue weighted by atomic mass is 10.1. The molecular weight excluding hydrogens is 224 g/mol. The Morgan fingerprint density at radius 1 is 1.00 bits per heavy atom. The second-order valence-electron chi connectivity index (χ2n) is 4.47. The van der Waals surface area contributed by atoms with Gasteiger partial charge < -0.3 is 11.1 Å². The summed E-state index contributed by atoms with van der Waals surface area (Å²) in [7, 11) is 0. The van der Waals surface area contributed by atoms with Gasteiger partial charge in [-0.3, -0.25) is 0 Å². The fraction of sp³-hybridized carbons (Fsp3) is 0.286. The molecule has 0 aliphatic carbocycles. The third-order valence-electron chi connectivity index (χ3n) is 3.25. The standard InChI is InChI=1S/C14H16N4/c15-13-11-6-8-16-9-7-12(11)17-14(18-13)10-4-2-1-3-5-10/h1-5,16H,6-9H2,(H2,15,17,18). The number of rotatable bonds is 1. The summed E-state index contributed by atoms with van der Waals surface area (Å²) in [6, 6.07) is 9.98. The first-order chi connectivity index (χ1) is 8.84. The largest absolute Gasteiger partial charge is 0.383 e. The van der Waals surface area contributed by atoms with Gasteiger partial charge in [0.25, 0.3) is 0 Å². The molecule has 1 aliphatic heterocycles. The van der Waals surface area contributed by atoms with Crippen LogP contribution in [-0.4, -0.2) is 23.1 Å². The number of nitrogens with zero attached hydrogens (tertiary/aromatic N) is 2. The van der Waals surface area contributed by atoms with Gasteiger partial charge in [-0.15, -0.1) is 0 Å². The van der Waals surface area contributed by atoms with Crippen LogP contribution in [-0.2, 0) is 12.8 Å². The summed E-state index contributed by atoms with van der Waals surface area (Å²) in [5, 5.41) is 3.36. The Bertz CT molecular complexity index is 551. The summed E-state index contributed by atoms with van der Waals surface area (Å²) in [4.78, 5) is 9.11. The van der Waals surface area contributed by atoms with Gasteiger partial charge in [0.15, 0.2) is 5.82 Å². The number of anilines is 1. The number of nitrogen functional groups attached to an aromatic ring is 1. The molecule has 1 aliphatic rings. The molecule has 2 aromatic rings. The Balaban J connectivity index is 2.08. The van der Waals surface area contributed by atoms with Crippen molar-refractivity contribution in [3.63, 3.8) is 0 Å². The molecule has 0 atom stereocenters. The Kier molecular flexibility index (Phi) is 2.94. The monoisotopic (exact) mass is 240 g/mol. The Hall–Kier alpha value is -1.94. The summed E-state index contributed by atoms with van der Waals surface area (Å²) < 4.78 is 0. The number of hydrogen-bond acceptors (Lipinski definition) is 4. The fourth-order valence-electron chi connectivity index (χ4n) is 2.29. The summed E-state index contributed by atoms with van der Waals surface area (Å²) in [6.45, 7) is 1.91. The van der Waals surface area contributed by atoms with E-state index >= 15 is 0 Å². The molecule has 0 bridgehead atoms. The first kappa shape index (κ1) is 11.2. The van der Waals surface area contributed by atoms with Crippen LogP contribution in [0.1, 0.15) is 11.3 Å². The molecular formula is C14H16N4. The average molecular weight is 240 g/mol. The quantitative estimate of drug-likeness (QED) is 0.791. The number of benzene rings is 1. The van der Waals surface area contributed by atoms with Crippen molar-refractivity contribution in [1.29, 1.82) is 0 Å². The van der Waals surface area contributed by atoms with E-state index in [1.54, 1.807) is 0 Å². The molecule has 0 saturated heterocycles. The van der Waals surface area contributed by atoms with E-state index in [0.29, 0.717) is 5.82 Å². The van der Waals surface area contributed by atoms with E-state index in [-0.39, 0.29) is 0 Å². The number of nitrogens with one attached hydrogen (secondary N) is 1. The number of nitrogens with two attached hydrogens (primary N) is 1. The molecule has 0 unspecified atom stereocenters. The Morgan fingerprint density at radius 3 is 2.61 bits per heavy atom. The molecule has 2 heterocycles. The molecule has 0 spiro atoms. The van der Waals surface area contributed by atoms with E-state index in [9.17, 15) is 0 Å². The maximum absolute atomic E-state index is 6.07. The molecule has 0 fully saturated rings. The average Bonchev–Trinajstić information content (AvgIpc) is 2.65. The van der Waals surface area contributed by atoms with E-state index < -0.39 is 0 Å². The Labute approximate surface area is 106 Å². The van der Waals surface area contributed by atoms with Crippen LogP contribution in [0.5, 0.6) is 0 Å². The van der Waals surface area contributed by atoms with E-state index in [0.717, 1.165) is 48.6 Å². The van der Waals surface area contributed by atoms with Crippen molar-refractivity contribution in [2.75, 3.05) is 18.8 Å². The molecule has 1 aromatic carbocycles. The number of hydrogen-bond donors (Lipinski definition) is 2. The van der Waals surface area contributed by atoms with Gasteiger partial charge in [-0.1, -0.05) is 30.3 Å². The summed E-state index contributed by atoms with van der Waals surface area (Å²) in [5.74, 6) is 1.36. The topological polar surface area (TPSA) is 63.8 Å². The van der Waals surface area contributed by atoms with Gasteiger partial charge in [-0.25, -0.2) is 9.97 Å². The van der Waals surface area contributed by atoms with Gasteiger partial charge in [0.2, 0.25) is 0 Å². The van der Waals surface area contributed by atoms with Gasteiger partial charge in [-0.2, -0.15) is 0 Å². The van der Waals surface area contributed by atoms with Crippen molar-refractivity contribution in [3.05, 3.63) is 41.6 Å². The number of fused-ring (bicyclic) bond motifs is 1. The van der Waals surface area contributed by atoms with Crippen LogP contribution >= 0.6 is 0 Å².